The molecule has 0 bridgehead atoms. The van der Waals surface area contributed by atoms with Crippen LogP contribution >= 0.6 is 15.9 Å². The topological polar surface area (TPSA) is 110 Å². The van der Waals surface area contributed by atoms with E-state index in [0.717, 1.165) is 0 Å². The fourth-order valence-electron chi connectivity index (χ4n) is 1.47. The van der Waals surface area contributed by atoms with Crippen molar-refractivity contribution in [2.75, 3.05) is 7.11 Å². The summed E-state index contributed by atoms with van der Waals surface area (Å²) in [6, 6.07) is 1.84. The van der Waals surface area contributed by atoms with Gasteiger partial charge in [0.1, 0.15) is 11.3 Å². The van der Waals surface area contributed by atoms with Crippen molar-refractivity contribution < 1.29 is 24.5 Å². The first kappa shape index (κ1) is 14.5. The molecule has 0 aliphatic heterocycles. The van der Waals surface area contributed by atoms with Gasteiger partial charge in [0.15, 0.2) is 0 Å². The number of aromatic carboxylic acids is 1. The Morgan fingerprint density at radius 2 is 2.11 bits per heavy atom. The highest BCUT2D eigenvalue weighted by Gasteiger charge is 2.22. The quantitative estimate of drug-likeness (QED) is 0.724. The van der Waals surface area contributed by atoms with Gasteiger partial charge in [0.25, 0.3) is 0 Å². The van der Waals surface area contributed by atoms with Crippen molar-refractivity contribution in [1.82, 2.24) is 0 Å². The van der Waals surface area contributed by atoms with Gasteiger partial charge in [-0.15, -0.1) is 0 Å². The predicted octanol–water partition coefficient (Wildman–Crippen LogP) is 1.42. The van der Waals surface area contributed by atoms with Crippen molar-refractivity contribution >= 4 is 27.9 Å². The molecule has 0 fully saturated rings. The molecule has 0 aromatic heterocycles. The summed E-state index contributed by atoms with van der Waals surface area (Å²) in [5.41, 5.74) is 5.66. The van der Waals surface area contributed by atoms with E-state index in [-0.39, 0.29) is 17.5 Å². The van der Waals surface area contributed by atoms with Crippen LogP contribution in [0.1, 0.15) is 28.4 Å². The monoisotopic (exact) mass is 317 g/mol. The summed E-state index contributed by atoms with van der Waals surface area (Å²) >= 11 is 3.16. The third-order valence-corrected chi connectivity index (χ3v) is 3.07. The van der Waals surface area contributed by atoms with Crippen LogP contribution in [0.5, 0.6) is 5.75 Å². The smallest absolute Gasteiger partial charge is 0.339 e. The average Bonchev–Trinajstić information content (AvgIpc) is 2.28. The van der Waals surface area contributed by atoms with Crippen LogP contribution in [0.15, 0.2) is 16.6 Å². The molecule has 0 heterocycles. The number of hydrogen-bond acceptors (Lipinski definition) is 5. The lowest BCUT2D eigenvalue weighted by molar-refractivity contribution is -0.141. The van der Waals surface area contributed by atoms with Crippen LogP contribution in [0.25, 0.3) is 0 Å². The standard InChI is InChI=1S/C11H12BrNO5/c1-18-8(14)4-7(13)9-6(12)3-2-5(10(9)15)11(16)17/h2-3,7,15H,4,13H2,1H3,(H,16,17)/t7-/m0/s1. The lowest BCUT2D eigenvalue weighted by Gasteiger charge is -2.15. The Labute approximate surface area is 111 Å². The predicted molar refractivity (Wildman–Crippen MR) is 66.3 cm³/mol. The van der Waals surface area contributed by atoms with E-state index in [9.17, 15) is 14.7 Å². The number of ether oxygens (including phenoxy) is 1. The van der Waals surface area contributed by atoms with Crippen molar-refractivity contribution in [1.29, 1.82) is 0 Å². The summed E-state index contributed by atoms with van der Waals surface area (Å²) in [7, 11) is 1.22. The van der Waals surface area contributed by atoms with Crippen LogP contribution < -0.4 is 5.73 Å². The van der Waals surface area contributed by atoms with Crippen molar-refractivity contribution in [3.05, 3.63) is 27.7 Å². The molecule has 4 N–H and O–H groups in total. The zero-order valence-electron chi connectivity index (χ0n) is 9.51. The zero-order valence-corrected chi connectivity index (χ0v) is 11.1. The summed E-state index contributed by atoms with van der Waals surface area (Å²) in [5.74, 6) is -2.27. The van der Waals surface area contributed by atoms with Crippen LogP contribution in [0.3, 0.4) is 0 Å². The Morgan fingerprint density at radius 3 is 2.61 bits per heavy atom. The Bertz CT molecular complexity index is 489. The van der Waals surface area contributed by atoms with Crippen LogP contribution in [0, 0.1) is 0 Å². The molecular weight excluding hydrogens is 306 g/mol. The number of benzene rings is 1. The number of esters is 1. The Morgan fingerprint density at radius 1 is 1.50 bits per heavy atom. The van der Waals surface area contributed by atoms with E-state index in [1.807, 2.05) is 0 Å². The molecule has 18 heavy (non-hydrogen) atoms. The fourth-order valence-corrected chi connectivity index (χ4v) is 2.09. The van der Waals surface area contributed by atoms with Crippen molar-refractivity contribution in [3.8, 4) is 5.75 Å². The molecule has 0 radical (unpaired) electrons. The molecule has 1 aromatic rings. The molecule has 0 aliphatic carbocycles. The van der Waals surface area contributed by atoms with Gasteiger partial charge in [0.2, 0.25) is 0 Å². The van der Waals surface area contributed by atoms with E-state index in [4.69, 9.17) is 10.8 Å². The molecule has 6 nitrogen and oxygen atoms in total. The second kappa shape index (κ2) is 5.83. The minimum Gasteiger partial charge on any atom is -0.507 e. The van der Waals surface area contributed by atoms with E-state index >= 15 is 0 Å². The van der Waals surface area contributed by atoms with E-state index in [2.05, 4.69) is 20.7 Å². The molecule has 0 saturated carbocycles. The maximum Gasteiger partial charge on any atom is 0.339 e. The van der Waals surface area contributed by atoms with Crippen LogP contribution in [0.2, 0.25) is 0 Å². The van der Waals surface area contributed by atoms with Gasteiger partial charge in [-0.1, -0.05) is 15.9 Å². The lowest BCUT2D eigenvalue weighted by Crippen LogP contribution is -2.17. The molecule has 98 valence electrons. The second-order valence-corrected chi connectivity index (χ2v) is 4.40. The van der Waals surface area contributed by atoms with Gasteiger partial charge < -0.3 is 20.7 Å². The molecule has 0 spiro atoms. The van der Waals surface area contributed by atoms with Crippen molar-refractivity contribution in [2.45, 2.75) is 12.5 Å². The lowest BCUT2D eigenvalue weighted by atomic mass is 10.0. The van der Waals surface area contributed by atoms with Gasteiger partial charge in [0.05, 0.1) is 13.5 Å². The first-order valence-corrected chi connectivity index (χ1v) is 5.74. The number of carbonyl (C=O) groups is 2. The minimum absolute atomic E-state index is 0.161. The van der Waals surface area contributed by atoms with E-state index < -0.39 is 23.7 Å². The maximum absolute atomic E-state index is 11.1. The third-order valence-electron chi connectivity index (χ3n) is 2.38. The highest BCUT2D eigenvalue weighted by atomic mass is 79.9. The second-order valence-electron chi connectivity index (χ2n) is 3.55. The molecule has 1 aromatic carbocycles. The third kappa shape index (κ3) is 2.99. The number of phenols is 1. The van der Waals surface area contributed by atoms with E-state index in [1.54, 1.807) is 0 Å². The van der Waals surface area contributed by atoms with Crippen LogP contribution in [-0.4, -0.2) is 29.3 Å². The fraction of sp³-hybridized carbons (Fsp3) is 0.273. The summed E-state index contributed by atoms with van der Waals surface area (Å²) in [6.07, 6.45) is -0.161. The Kier molecular flexibility index (Phi) is 4.69. The summed E-state index contributed by atoms with van der Waals surface area (Å²) < 4.78 is 4.90. The van der Waals surface area contributed by atoms with Crippen molar-refractivity contribution in [3.63, 3.8) is 0 Å². The minimum atomic E-state index is -1.27. The molecule has 0 aliphatic rings. The number of methoxy groups -OCH3 is 1. The Balaban J connectivity index is 3.18. The highest BCUT2D eigenvalue weighted by Crippen LogP contribution is 2.35. The molecular formula is C11H12BrNO5. The molecule has 7 heteroatoms. The number of carbonyl (C=O) groups excluding carboxylic acids is 1. The number of nitrogens with two attached hydrogens (primary N) is 1. The van der Waals surface area contributed by atoms with Crippen molar-refractivity contribution in [2.24, 2.45) is 5.73 Å². The number of aromatic hydroxyl groups is 1. The largest absolute Gasteiger partial charge is 0.507 e. The summed E-state index contributed by atoms with van der Waals surface area (Å²) in [6.45, 7) is 0. The van der Waals surface area contributed by atoms with Gasteiger partial charge in [-0.25, -0.2) is 4.79 Å². The number of halogens is 1. The van der Waals surface area contributed by atoms with Gasteiger partial charge in [-0.05, 0) is 12.1 Å². The Hall–Kier alpha value is -1.60. The molecule has 0 saturated heterocycles. The first-order valence-electron chi connectivity index (χ1n) is 4.95. The average molecular weight is 318 g/mol. The summed E-state index contributed by atoms with van der Waals surface area (Å²) in [4.78, 5) is 22.0. The first-order chi connectivity index (χ1) is 8.38. The zero-order chi connectivity index (χ0) is 13.9. The number of carboxylic acid groups (broad SMARTS) is 1. The van der Waals surface area contributed by atoms with Crippen LogP contribution in [0.4, 0.5) is 0 Å². The summed E-state index contributed by atoms with van der Waals surface area (Å²) in [5, 5.41) is 18.7. The van der Waals surface area contributed by atoms with Gasteiger partial charge in [-0.2, -0.15) is 0 Å². The van der Waals surface area contributed by atoms with E-state index in [0.29, 0.717) is 4.47 Å². The van der Waals surface area contributed by atoms with Crippen LogP contribution in [-0.2, 0) is 9.53 Å². The molecule has 1 rings (SSSR count). The molecule has 1 atom stereocenters. The SMILES string of the molecule is COC(=O)C[C@H](N)c1c(Br)ccc(C(=O)O)c1O. The normalized spacial score (nSPS) is 11.9. The maximum atomic E-state index is 11.1. The highest BCUT2D eigenvalue weighted by molar-refractivity contribution is 9.10. The number of rotatable bonds is 4. The number of hydrogen-bond donors (Lipinski definition) is 3. The molecule has 0 amide bonds. The number of carboxylic acids is 1. The van der Waals surface area contributed by atoms with E-state index in [1.165, 1.54) is 19.2 Å². The van der Waals surface area contributed by atoms with Gasteiger partial charge in [-0.3, -0.25) is 4.79 Å². The molecule has 0 unspecified atom stereocenters. The van der Waals surface area contributed by atoms with Gasteiger partial charge in [0, 0.05) is 16.1 Å². The van der Waals surface area contributed by atoms with Gasteiger partial charge >= 0.3 is 11.9 Å².